The Bertz CT molecular complexity index is 908. The largest absolute Gasteiger partial charge is 0.493 e. The SMILES string of the molecule is CCn1cnn(C[NH+]2CCc3cc(OC)c(OC)cc3[C@@H]2CC(=O)OC)c1=S. The third kappa shape index (κ3) is 3.90. The summed E-state index contributed by atoms with van der Waals surface area (Å²) in [7, 11) is 4.66. The minimum absolute atomic E-state index is 0.0790. The van der Waals surface area contributed by atoms with E-state index in [1.807, 2.05) is 28.3 Å². The Kier molecular flexibility index (Phi) is 6.35. The fourth-order valence-corrected chi connectivity index (χ4v) is 4.04. The Morgan fingerprint density at radius 1 is 1.29 bits per heavy atom. The zero-order valence-corrected chi connectivity index (χ0v) is 17.5. The Morgan fingerprint density at radius 3 is 2.61 bits per heavy atom. The highest BCUT2D eigenvalue weighted by molar-refractivity contribution is 7.71. The van der Waals surface area contributed by atoms with E-state index in [0.29, 0.717) is 22.9 Å². The van der Waals surface area contributed by atoms with Crippen molar-refractivity contribution in [3.05, 3.63) is 34.4 Å². The second kappa shape index (κ2) is 8.74. The number of ether oxygens (including phenoxy) is 3. The first-order valence-corrected chi connectivity index (χ1v) is 9.71. The number of nitrogens with zero attached hydrogens (tertiary/aromatic N) is 3. The number of rotatable bonds is 7. The van der Waals surface area contributed by atoms with Crippen LogP contribution in [0.25, 0.3) is 0 Å². The smallest absolute Gasteiger partial charge is 0.311 e. The quantitative estimate of drug-likeness (QED) is 0.549. The molecule has 0 fully saturated rings. The zero-order chi connectivity index (χ0) is 20.3. The second-order valence-electron chi connectivity index (χ2n) is 6.75. The van der Waals surface area contributed by atoms with Crippen LogP contribution >= 0.6 is 12.2 Å². The van der Waals surface area contributed by atoms with Gasteiger partial charge in [0.25, 0.3) is 0 Å². The first-order valence-electron chi connectivity index (χ1n) is 9.30. The molecule has 1 aliphatic heterocycles. The van der Waals surface area contributed by atoms with E-state index >= 15 is 0 Å². The van der Waals surface area contributed by atoms with E-state index < -0.39 is 0 Å². The predicted octanol–water partition coefficient (Wildman–Crippen LogP) is 1.15. The summed E-state index contributed by atoms with van der Waals surface area (Å²) in [6.07, 6.45) is 2.89. The number of hydrogen-bond donors (Lipinski definition) is 1. The van der Waals surface area contributed by atoms with Crippen LogP contribution in [0.15, 0.2) is 18.5 Å². The van der Waals surface area contributed by atoms with Crippen LogP contribution in [0, 0.1) is 4.77 Å². The van der Waals surface area contributed by atoms with E-state index in [9.17, 15) is 4.79 Å². The molecule has 2 heterocycles. The summed E-state index contributed by atoms with van der Waals surface area (Å²) in [4.78, 5) is 13.4. The van der Waals surface area contributed by atoms with Crippen LogP contribution in [0.5, 0.6) is 11.5 Å². The van der Waals surface area contributed by atoms with Crippen LogP contribution in [-0.2, 0) is 29.2 Å². The predicted molar refractivity (Wildman–Crippen MR) is 105 cm³/mol. The number of quaternary nitrogens is 1. The molecular formula is C19H27N4O4S+. The number of aromatic nitrogens is 3. The van der Waals surface area contributed by atoms with E-state index in [-0.39, 0.29) is 18.4 Å². The minimum atomic E-state index is -0.243. The Balaban J connectivity index is 1.98. The molecule has 9 heteroatoms. The molecule has 0 spiro atoms. The topological polar surface area (TPSA) is 72.0 Å². The number of benzene rings is 1. The molecule has 1 N–H and O–H groups in total. The monoisotopic (exact) mass is 407 g/mol. The number of nitrogens with one attached hydrogen (secondary N) is 1. The van der Waals surface area contributed by atoms with Gasteiger partial charge in [0.2, 0.25) is 4.77 Å². The first-order chi connectivity index (χ1) is 13.5. The summed E-state index contributed by atoms with van der Waals surface area (Å²) in [6.45, 7) is 4.25. The summed E-state index contributed by atoms with van der Waals surface area (Å²) >= 11 is 5.51. The molecule has 2 aromatic rings. The lowest BCUT2D eigenvalue weighted by atomic mass is 9.90. The molecule has 0 aliphatic carbocycles. The van der Waals surface area contributed by atoms with Crippen molar-refractivity contribution in [1.82, 2.24) is 14.3 Å². The number of carbonyl (C=O) groups is 1. The highest BCUT2D eigenvalue weighted by atomic mass is 32.1. The summed E-state index contributed by atoms with van der Waals surface area (Å²) < 4.78 is 20.3. The molecule has 3 rings (SSSR count). The molecule has 0 radical (unpaired) electrons. The second-order valence-corrected chi connectivity index (χ2v) is 7.12. The first kappa shape index (κ1) is 20.3. The Labute approximate surface area is 169 Å². The van der Waals surface area contributed by atoms with Crippen LogP contribution < -0.4 is 14.4 Å². The molecule has 1 aromatic carbocycles. The van der Waals surface area contributed by atoms with E-state index in [2.05, 4.69) is 5.10 Å². The van der Waals surface area contributed by atoms with Gasteiger partial charge in [-0.1, -0.05) is 0 Å². The number of carbonyl (C=O) groups excluding carboxylic acids is 1. The van der Waals surface area contributed by atoms with E-state index in [0.717, 1.165) is 30.6 Å². The summed E-state index contributed by atoms with van der Waals surface area (Å²) in [5, 5.41) is 4.43. The van der Waals surface area contributed by atoms with Crippen LogP contribution in [0.1, 0.15) is 30.5 Å². The van der Waals surface area contributed by atoms with Crippen molar-refractivity contribution in [1.29, 1.82) is 0 Å². The van der Waals surface area contributed by atoms with Gasteiger partial charge in [0.15, 0.2) is 18.2 Å². The average Bonchev–Trinajstić information content (AvgIpc) is 3.07. The molecule has 152 valence electrons. The van der Waals surface area contributed by atoms with Crippen LogP contribution in [0.3, 0.4) is 0 Å². The van der Waals surface area contributed by atoms with E-state index in [1.54, 1.807) is 20.5 Å². The van der Waals surface area contributed by atoms with Gasteiger partial charge in [0.1, 0.15) is 18.8 Å². The molecule has 1 unspecified atom stereocenters. The van der Waals surface area contributed by atoms with Gasteiger partial charge in [-0.3, -0.25) is 4.79 Å². The number of esters is 1. The van der Waals surface area contributed by atoms with Crippen LogP contribution in [0.2, 0.25) is 0 Å². The maximum Gasteiger partial charge on any atom is 0.311 e. The van der Waals surface area contributed by atoms with Gasteiger partial charge >= 0.3 is 5.97 Å². The van der Waals surface area contributed by atoms with Crippen molar-refractivity contribution < 1.29 is 23.9 Å². The van der Waals surface area contributed by atoms with Gasteiger partial charge in [-0.05, 0) is 36.8 Å². The summed E-state index contributed by atoms with van der Waals surface area (Å²) in [5.41, 5.74) is 2.24. The third-order valence-corrected chi connectivity index (χ3v) is 5.76. The number of methoxy groups -OCH3 is 3. The van der Waals surface area contributed by atoms with Crippen molar-refractivity contribution in [2.75, 3.05) is 27.9 Å². The van der Waals surface area contributed by atoms with Crippen LogP contribution in [0.4, 0.5) is 0 Å². The summed E-state index contributed by atoms with van der Waals surface area (Å²) in [6, 6.07) is 3.90. The maximum atomic E-state index is 12.1. The van der Waals surface area contributed by atoms with Crippen molar-refractivity contribution in [3.63, 3.8) is 0 Å². The van der Waals surface area contributed by atoms with Crippen molar-refractivity contribution in [2.24, 2.45) is 0 Å². The molecule has 1 aromatic heterocycles. The highest BCUT2D eigenvalue weighted by Gasteiger charge is 2.35. The number of hydrogen-bond acceptors (Lipinski definition) is 6. The van der Waals surface area contributed by atoms with Crippen LogP contribution in [-0.4, -0.2) is 48.2 Å². The fourth-order valence-electron chi connectivity index (χ4n) is 3.75. The van der Waals surface area contributed by atoms with E-state index in [4.69, 9.17) is 26.4 Å². The zero-order valence-electron chi connectivity index (χ0n) is 16.7. The van der Waals surface area contributed by atoms with Gasteiger partial charge < -0.3 is 23.7 Å². The third-order valence-electron chi connectivity index (χ3n) is 5.32. The molecule has 0 saturated carbocycles. The molecule has 0 amide bonds. The molecular weight excluding hydrogens is 380 g/mol. The van der Waals surface area contributed by atoms with Gasteiger partial charge in [-0.15, -0.1) is 0 Å². The van der Waals surface area contributed by atoms with Crippen molar-refractivity contribution >= 4 is 18.2 Å². The highest BCUT2D eigenvalue weighted by Crippen LogP contribution is 2.35. The molecule has 1 aliphatic rings. The normalized spacial score (nSPS) is 18.4. The number of aryl methyl sites for hydroxylation is 1. The lowest BCUT2D eigenvalue weighted by Gasteiger charge is -2.34. The molecule has 28 heavy (non-hydrogen) atoms. The van der Waals surface area contributed by atoms with Crippen molar-refractivity contribution in [2.45, 2.75) is 39.0 Å². The molecule has 8 nitrogen and oxygen atoms in total. The molecule has 0 saturated heterocycles. The lowest BCUT2D eigenvalue weighted by Crippen LogP contribution is -3.12. The van der Waals surface area contributed by atoms with Gasteiger partial charge in [-0.2, -0.15) is 9.78 Å². The average molecular weight is 408 g/mol. The lowest BCUT2D eigenvalue weighted by molar-refractivity contribution is -0.955. The van der Waals surface area contributed by atoms with Gasteiger partial charge in [0, 0.05) is 18.5 Å². The van der Waals surface area contributed by atoms with Crippen molar-refractivity contribution in [3.8, 4) is 11.5 Å². The molecule has 0 bridgehead atoms. The van der Waals surface area contributed by atoms with Gasteiger partial charge in [0.05, 0.1) is 27.9 Å². The number of fused-ring (bicyclic) bond motifs is 1. The standard InChI is InChI=1S/C19H26N4O4S/c1-5-21-11-20-23(19(21)28)12-22-7-6-13-8-16(25-2)17(26-3)9-14(13)15(22)10-18(24)27-4/h8-9,11,15H,5-7,10,12H2,1-4H3/p+1/t15-/m0/s1. The Hall–Kier alpha value is -2.39. The minimum Gasteiger partial charge on any atom is -0.493 e. The molecule has 2 atom stereocenters. The maximum absolute atomic E-state index is 12.1. The van der Waals surface area contributed by atoms with Gasteiger partial charge in [-0.25, -0.2) is 0 Å². The van der Waals surface area contributed by atoms with E-state index in [1.165, 1.54) is 12.0 Å². The fraction of sp³-hybridized carbons (Fsp3) is 0.526. The summed E-state index contributed by atoms with van der Waals surface area (Å²) in [5.74, 6) is 1.11. The Morgan fingerprint density at radius 2 is 2.00 bits per heavy atom.